The zero-order valence-corrected chi connectivity index (χ0v) is 22.6. The van der Waals surface area contributed by atoms with Crippen molar-refractivity contribution in [3.8, 4) is 6.07 Å². The molecule has 1 aromatic rings. The second-order valence-electron chi connectivity index (χ2n) is 10.5. The number of morpholine rings is 1. The van der Waals surface area contributed by atoms with Crippen LogP contribution in [0.3, 0.4) is 0 Å². The first kappa shape index (κ1) is 29.6. The Labute approximate surface area is 225 Å². The lowest BCUT2D eigenvalue weighted by atomic mass is 9.76. The zero-order chi connectivity index (χ0) is 27.7. The van der Waals surface area contributed by atoms with Gasteiger partial charge in [0.05, 0.1) is 25.2 Å². The summed E-state index contributed by atoms with van der Waals surface area (Å²) in [6.07, 6.45) is 3.46. The van der Waals surface area contributed by atoms with Crippen LogP contribution in [0.1, 0.15) is 44.2 Å². The third-order valence-corrected chi connectivity index (χ3v) is 7.21. The highest BCUT2D eigenvalue weighted by Crippen LogP contribution is 2.24. The van der Waals surface area contributed by atoms with Crippen molar-refractivity contribution >= 4 is 19.1 Å². The molecule has 0 radical (unpaired) electrons. The van der Waals surface area contributed by atoms with Crippen molar-refractivity contribution in [2.45, 2.75) is 64.0 Å². The van der Waals surface area contributed by atoms with Crippen LogP contribution in [0, 0.1) is 18.3 Å². The number of nitrogens with one attached hydrogen (secondary N) is 1. The highest BCUT2D eigenvalue weighted by molar-refractivity contribution is 6.43. The first-order valence-electron chi connectivity index (χ1n) is 13.2. The Morgan fingerprint density at radius 3 is 2.55 bits per heavy atom. The monoisotopic (exact) mass is 526 g/mol. The normalized spacial score (nSPS) is 19.8. The second kappa shape index (κ2) is 13.8. The molecule has 1 aromatic carbocycles. The van der Waals surface area contributed by atoms with Gasteiger partial charge in [-0.2, -0.15) is 5.26 Å². The molecule has 0 aliphatic carbocycles. The third-order valence-electron chi connectivity index (χ3n) is 7.21. The van der Waals surface area contributed by atoms with Crippen LogP contribution in [0.4, 0.5) is 4.79 Å². The van der Waals surface area contributed by atoms with Crippen molar-refractivity contribution in [1.82, 2.24) is 15.1 Å². The predicted molar refractivity (Wildman–Crippen MR) is 143 cm³/mol. The number of carbonyl (C=O) groups excluding carboxylic acids is 2. The zero-order valence-electron chi connectivity index (χ0n) is 22.6. The number of carbonyl (C=O) groups is 2. The summed E-state index contributed by atoms with van der Waals surface area (Å²) in [5.41, 5.74) is 1.49. The van der Waals surface area contributed by atoms with Crippen molar-refractivity contribution in [3.05, 3.63) is 47.0 Å². The Balaban J connectivity index is 1.61. The van der Waals surface area contributed by atoms with Crippen LogP contribution in [0.25, 0.3) is 0 Å². The molecule has 206 valence electrons. The number of alkyl carbamates (subject to hydrolysis) is 1. The molecule has 2 aliphatic heterocycles. The molecule has 38 heavy (non-hydrogen) atoms. The highest BCUT2D eigenvalue weighted by atomic mass is 16.5. The molecule has 0 spiro atoms. The van der Waals surface area contributed by atoms with Crippen LogP contribution in [-0.2, 0) is 20.7 Å². The van der Waals surface area contributed by atoms with Gasteiger partial charge in [-0.05, 0) is 58.1 Å². The van der Waals surface area contributed by atoms with E-state index in [-0.39, 0.29) is 30.5 Å². The Bertz CT molecular complexity index is 1020. The maximum absolute atomic E-state index is 13.4. The first-order valence-corrected chi connectivity index (χ1v) is 13.2. The summed E-state index contributed by atoms with van der Waals surface area (Å²) in [6, 6.07) is 9.26. The standard InChI is InChI=1S/C27H39BN4O6/c1-20-7-9-21(10-8-20)16-24(28(35)36)30-26(34)38-19-23-6-4-5-11-32(23)25(33)22(18-29)17-27(2,3)31-12-14-37-15-13-31/h7-10,17,23-24,35-36H,4-6,11-16,19H2,1-3H3,(H,30,34)/t23?,24-/m0/s1. The van der Waals surface area contributed by atoms with Gasteiger partial charge in [-0.3, -0.25) is 9.69 Å². The number of benzene rings is 1. The molecule has 0 bridgehead atoms. The van der Waals surface area contributed by atoms with E-state index < -0.39 is 24.7 Å². The van der Waals surface area contributed by atoms with Crippen LogP contribution < -0.4 is 5.32 Å². The van der Waals surface area contributed by atoms with E-state index in [1.807, 2.05) is 45.0 Å². The quantitative estimate of drug-likeness (QED) is 0.251. The lowest BCUT2D eigenvalue weighted by Gasteiger charge is -2.39. The van der Waals surface area contributed by atoms with Gasteiger partial charge in [-0.15, -0.1) is 0 Å². The smallest absolute Gasteiger partial charge is 0.447 e. The number of hydrogen-bond donors (Lipinski definition) is 3. The lowest BCUT2D eigenvalue weighted by Crippen LogP contribution is -2.51. The molecule has 11 heteroatoms. The summed E-state index contributed by atoms with van der Waals surface area (Å²) < 4.78 is 10.8. The molecule has 2 fully saturated rings. The van der Waals surface area contributed by atoms with Crippen molar-refractivity contribution in [3.63, 3.8) is 0 Å². The number of piperidine rings is 1. The summed E-state index contributed by atoms with van der Waals surface area (Å²) in [4.78, 5) is 29.7. The van der Waals surface area contributed by atoms with Gasteiger partial charge in [0, 0.05) is 25.2 Å². The van der Waals surface area contributed by atoms with E-state index in [2.05, 4.69) is 16.3 Å². The fourth-order valence-corrected chi connectivity index (χ4v) is 4.90. The fourth-order valence-electron chi connectivity index (χ4n) is 4.90. The Hall–Kier alpha value is -2.91. The molecular weight excluding hydrogens is 487 g/mol. The minimum atomic E-state index is -1.77. The predicted octanol–water partition coefficient (Wildman–Crippen LogP) is 1.59. The second-order valence-corrected chi connectivity index (χ2v) is 10.5. The number of aryl methyl sites for hydroxylation is 1. The summed E-state index contributed by atoms with van der Waals surface area (Å²) in [7, 11) is -1.77. The molecule has 2 amide bonds. The van der Waals surface area contributed by atoms with Gasteiger partial charge in [-0.1, -0.05) is 29.8 Å². The van der Waals surface area contributed by atoms with Gasteiger partial charge in [-0.25, -0.2) is 4.79 Å². The van der Waals surface area contributed by atoms with E-state index in [0.29, 0.717) is 26.2 Å². The van der Waals surface area contributed by atoms with Crippen LogP contribution >= 0.6 is 0 Å². The Morgan fingerprint density at radius 2 is 1.92 bits per heavy atom. The Morgan fingerprint density at radius 1 is 1.24 bits per heavy atom. The van der Waals surface area contributed by atoms with E-state index >= 15 is 0 Å². The largest absolute Gasteiger partial charge is 0.475 e. The molecule has 0 saturated carbocycles. The van der Waals surface area contributed by atoms with Crippen molar-refractivity contribution in [1.29, 1.82) is 5.26 Å². The molecular formula is C27H39BN4O6. The number of nitriles is 1. The summed E-state index contributed by atoms with van der Waals surface area (Å²) >= 11 is 0. The van der Waals surface area contributed by atoms with Gasteiger partial charge < -0.3 is 29.7 Å². The van der Waals surface area contributed by atoms with E-state index in [0.717, 1.165) is 37.1 Å². The fraction of sp³-hybridized carbons (Fsp3) is 0.593. The van der Waals surface area contributed by atoms with Gasteiger partial charge >= 0.3 is 13.2 Å². The van der Waals surface area contributed by atoms with E-state index in [4.69, 9.17) is 9.47 Å². The van der Waals surface area contributed by atoms with Crippen LogP contribution in [-0.4, -0.2) is 95.9 Å². The number of rotatable bonds is 9. The molecule has 3 rings (SSSR count). The average molecular weight is 526 g/mol. The van der Waals surface area contributed by atoms with Crippen molar-refractivity contribution in [2.75, 3.05) is 39.5 Å². The first-order chi connectivity index (χ1) is 18.1. The molecule has 2 heterocycles. The number of hydrogen-bond acceptors (Lipinski definition) is 8. The molecule has 2 atom stereocenters. The highest BCUT2D eigenvalue weighted by Gasteiger charge is 2.33. The maximum atomic E-state index is 13.4. The van der Waals surface area contributed by atoms with Gasteiger partial charge in [0.1, 0.15) is 18.2 Å². The number of ether oxygens (including phenoxy) is 2. The molecule has 2 saturated heterocycles. The van der Waals surface area contributed by atoms with Crippen LogP contribution in [0.15, 0.2) is 35.9 Å². The number of nitrogens with zero attached hydrogens (tertiary/aromatic N) is 3. The van der Waals surface area contributed by atoms with Crippen LogP contribution in [0.5, 0.6) is 0 Å². The Kier molecular flexibility index (Phi) is 10.7. The topological polar surface area (TPSA) is 135 Å². The van der Waals surface area contributed by atoms with E-state index in [1.54, 1.807) is 11.0 Å². The average Bonchev–Trinajstić information content (AvgIpc) is 2.91. The minimum Gasteiger partial charge on any atom is -0.447 e. The van der Waals surface area contributed by atoms with Gasteiger partial charge in [0.15, 0.2) is 0 Å². The number of amides is 2. The van der Waals surface area contributed by atoms with Crippen molar-refractivity contribution in [2.24, 2.45) is 0 Å². The van der Waals surface area contributed by atoms with Gasteiger partial charge in [0.25, 0.3) is 5.91 Å². The molecule has 10 nitrogen and oxygen atoms in total. The summed E-state index contributed by atoms with van der Waals surface area (Å²) in [6.45, 7) is 8.99. The minimum absolute atomic E-state index is 0.0537. The molecule has 3 N–H and O–H groups in total. The SMILES string of the molecule is Cc1ccc(C[C@H](NC(=O)OCC2CCCCN2C(=O)C(C#N)=CC(C)(C)N2CCOCC2)B(O)O)cc1. The third kappa shape index (κ3) is 8.30. The maximum Gasteiger partial charge on any atom is 0.475 e. The van der Waals surface area contributed by atoms with E-state index in [9.17, 15) is 24.9 Å². The van der Waals surface area contributed by atoms with E-state index in [1.165, 1.54) is 0 Å². The number of likely N-dealkylation sites (tertiary alicyclic amines) is 1. The summed E-state index contributed by atoms with van der Waals surface area (Å²) in [5.74, 6) is -1.32. The van der Waals surface area contributed by atoms with Crippen molar-refractivity contribution < 1.29 is 29.1 Å². The van der Waals surface area contributed by atoms with Gasteiger partial charge in [0.2, 0.25) is 0 Å². The van der Waals surface area contributed by atoms with Crippen LogP contribution in [0.2, 0.25) is 0 Å². The molecule has 0 aromatic heterocycles. The summed E-state index contributed by atoms with van der Waals surface area (Å²) in [5, 5.41) is 31.9. The lowest BCUT2D eigenvalue weighted by molar-refractivity contribution is -0.131. The molecule has 2 aliphatic rings. The molecule has 1 unspecified atom stereocenters.